The summed E-state index contributed by atoms with van der Waals surface area (Å²) in [7, 11) is 0. The van der Waals surface area contributed by atoms with Crippen LogP contribution in [0.1, 0.15) is 24.0 Å². The third-order valence-electron chi connectivity index (χ3n) is 3.27. The second-order valence-corrected chi connectivity index (χ2v) is 4.55. The second kappa shape index (κ2) is 4.84. The highest BCUT2D eigenvalue weighted by Gasteiger charge is 2.30. The topological polar surface area (TPSA) is 40.5 Å². The average molecular weight is 237 g/mol. The van der Waals surface area contributed by atoms with E-state index in [9.17, 15) is 9.18 Å². The van der Waals surface area contributed by atoms with Gasteiger partial charge in [0.2, 0.25) is 0 Å². The first-order valence-corrected chi connectivity index (χ1v) is 5.80. The first-order valence-electron chi connectivity index (χ1n) is 5.80. The molecule has 0 radical (unpaired) electrons. The van der Waals surface area contributed by atoms with Crippen molar-refractivity contribution in [1.82, 2.24) is 4.90 Å². The summed E-state index contributed by atoms with van der Waals surface area (Å²) >= 11 is 0. The van der Waals surface area contributed by atoms with E-state index >= 15 is 0 Å². The van der Waals surface area contributed by atoms with Crippen molar-refractivity contribution in [2.45, 2.75) is 32.4 Å². The monoisotopic (exact) mass is 237 g/mol. The zero-order valence-electron chi connectivity index (χ0n) is 9.82. The third kappa shape index (κ3) is 2.64. The molecule has 1 heterocycles. The number of carbonyl (C=O) groups is 1. The Morgan fingerprint density at radius 2 is 2.35 bits per heavy atom. The number of aryl methyl sites for hydroxylation is 1. The Morgan fingerprint density at radius 3 is 3.00 bits per heavy atom. The largest absolute Gasteiger partial charge is 0.480 e. The summed E-state index contributed by atoms with van der Waals surface area (Å²) in [5, 5.41) is 9.04. The number of aliphatic carboxylic acids is 1. The Balaban J connectivity index is 2.09. The van der Waals surface area contributed by atoms with E-state index in [1.807, 2.05) is 11.0 Å². The van der Waals surface area contributed by atoms with Crippen molar-refractivity contribution < 1.29 is 14.3 Å². The molecule has 0 amide bonds. The zero-order chi connectivity index (χ0) is 12.4. The molecule has 1 fully saturated rings. The maximum absolute atomic E-state index is 13.4. The molecule has 0 saturated carbocycles. The van der Waals surface area contributed by atoms with Gasteiger partial charge in [-0.1, -0.05) is 12.1 Å². The first kappa shape index (κ1) is 12.0. The first-order chi connectivity index (χ1) is 8.08. The van der Waals surface area contributed by atoms with Gasteiger partial charge in [0, 0.05) is 6.54 Å². The number of hydrogen-bond donors (Lipinski definition) is 1. The fourth-order valence-electron chi connectivity index (χ4n) is 2.26. The summed E-state index contributed by atoms with van der Waals surface area (Å²) in [5.74, 6) is -1.01. The number of hydrogen-bond acceptors (Lipinski definition) is 2. The number of rotatable bonds is 3. The fraction of sp³-hybridized carbons (Fsp3) is 0.462. The lowest BCUT2D eigenvalue weighted by Crippen LogP contribution is -2.35. The summed E-state index contributed by atoms with van der Waals surface area (Å²) < 4.78 is 13.4. The molecule has 1 aliphatic rings. The van der Waals surface area contributed by atoms with Crippen molar-refractivity contribution in [3.05, 3.63) is 35.1 Å². The molecule has 1 aromatic rings. The van der Waals surface area contributed by atoms with Gasteiger partial charge in [0.15, 0.2) is 0 Å². The smallest absolute Gasteiger partial charge is 0.320 e. The molecule has 1 aliphatic heterocycles. The van der Waals surface area contributed by atoms with E-state index in [4.69, 9.17) is 5.11 Å². The quantitative estimate of drug-likeness (QED) is 0.876. The van der Waals surface area contributed by atoms with Crippen LogP contribution in [0.3, 0.4) is 0 Å². The minimum atomic E-state index is -0.782. The van der Waals surface area contributed by atoms with E-state index < -0.39 is 12.0 Å². The molecule has 3 nitrogen and oxygen atoms in total. The highest BCUT2D eigenvalue weighted by atomic mass is 19.1. The Bertz CT molecular complexity index is 433. The molecule has 1 saturated heterocycles. The van der Waals surface area contributed by atoms with Gasteiger partial charge in [0.1, 0.15) is 11.9 Å². The normalized spacial score (nSPS) is 20.7. The van der Waals surface area contributed by atoms with E-state index in [0.29, 0.717) is 18.5 Å². The summed E-state index contributed by atoms with van der Waals surface area (Å²) in [5.41, 5.74) is 1.45. The van der Waals surface area contributed by atoms with Crippen LogP contribution in [0, 0.1) is 12.7 Å². The summed E-state index contributed by atoms with van der Waals surface area (Å²) in [6.45, 7) is 3.00. The van der Waals surface area contributed by atoms with Gasteiger partial charge in [-0.3, -0.25) is 9.69 Å². The van der Waals surface area contributed by atoms with Crippen LogP contribution in [0.5, 0.6) is 0 Å². The van der Waals surface area contributed by atoms with Crippen molar-refractivity contribution in [3.63, 3.8) is 0 Å². The lowest BCUT2D eigenvalue weighted by atomic mass is 10.1. The van der Waals surface area contributed by atoms with E-state index in [1.165, 1.54) is 6.07 Å². The molecule has 4 heteroatoms. The van der Waals surface area contributed by atoms with Crippen LogP contribution in [0.4, 0.5) is 4.39 Å². The Morgan fingerprint density at radius 1 is 1.59 bits per heavy atom. The predicted molar refractivity (Wildman–Crippen MR) is 62.2 cm³/mol. The van der Waals surface area contributed by atoms with Gasteiger partial charge in [-0.2, -0.15) is 0 Å². The molecule has 0 aliphatic carbocycles. The number of benzene rings is 1. The number of likely N-dealkylation sites (tertiary alicyclic amines) is 1. The van der Waals surface area contributed by atoms with Crippen molar-refractivity contribution in [2.24, 2.45) is 0 Å². The van der Waals surface area contributed by atoms with E-state index in [0.717, 1.165) is 18.5 Å². The molecule has 1 atom stereocenters. The van der Waals surface area contributed by atoms with Gasteiger partial charge in [-0.25, -0.2) is 4.39 Å². The third-order valence-corrected chi connectivity index (χ3v) is 3.27. The maximum Gasteiger partial charge on any atom is 0.320 e. The number of halogens is 1. The predicted octanol–water partition coefficient (Wildman–Crippen LogP) is 2.18. The minimum absolute atomic E-state index is 0.228. The van der Waals surface area contributed by atoms with Crippen LogP contribution < -0.4 is 0 Å². The van der Waals surface area contributed by atoms with Crippen LogP contribution in [0.2, 0.25) is 0 Å². The van der Waals surface area contributed by atoms with Crippen LogP contribution in [0.25, 0.3) is 0 Å². The molecule has 0 spiro atoms. The maximum atomic E-state index is 13.4. The lowest BCUT2D eigenvalue weighted by Gasteiger charge is -2.21. The molecule has 1 aromatic carbocycles. The molecule has 1 N–H and O–H groups in total. The molecule has 0 bridgehead atoms. The molecule has 0 aromatic heterocycles. The van der Waals surface area contributed by atoms with Crippen molar-refractivity contribution in [1.29, 1.82) is 0 Å². The van der Waals surface area contributed by atoms with Crippen molar-refractivity contribution in [3.8, 4) is 0 Å². The van der Waals surface area contributed by atoms with Crippen LogP contribution in [-0.4, -0.2) is 28.6 Å². The van der Waals surface area contributed by atoms with Gasteiger partial charge in [0.05, 0.1) is 0 Å². The summed E-state index contributed by atoms with van der Waals surface area (Å²) in [6.07, 6.45) is 1.58. The van der Waals surface area contributed by atoms with Gasteiger partial charge >= 0.3 is 5.97 Å². The van der Waals surface area contributed by atoms with Gasteiger partial charge in [-0.15, -0.1) is 0 Å². The van der Waals surface area contributed by atoms with Crippen LogP contribution in [-0.2, 0) is 11.3 Å². The Kier molecular flexibility index (Phi) is 3.43. The molecule has 92 valence electrons. The Labute approximate surface area is 99.9 Å². The highest BCUT2D eigenvalue weighted by molar-refractivity contribution is 5.73. The van der Waals surface area contributed by atoms with Crippen molar-refractivity contribution >= 4 is 5.97 Å². The van der Waals surface area contributed by atoms with E-state index in [1.54, 1.807) is 13.0 Å². The number of carboxylic acid groups (broad SMARTS) is 1. The standard InChI is InChI=1S/C13H16FNO2/c1-9-4-5-10(7-11(9)14)8-15-6-2-3-12(15)13(16)17/h4-5,7,12H,2-3,6,8H2,1H3,(H,16,17)/t12-/m0/s1. The van der Waals surface area contributed by atoms with E-state index in [-0.39, 0.29) is 5.82 Å². The number of nitrogens with zero attached hydrogens (tertiary/aromatic N) is 1. The zero-order valence-corrected chi connectivity index (χ0v) is 9.82. The van der Waals surface area contributed by atoms with E-state index in [2.05, 4.69) is 0 Å². The molecule has 17 heavy (non-hydrogen) atoms. The molecule has 0 unspecified atom stereocenters. The van der Waals surface area contributed by atoms with Gasteiger partial charge in [-0.05, 0) is 43.5 Å². The SMILES string of the molecule is Cc1ccc(CN2CCC[C@H]2C(=O)O)cc1F. The highest BCUT2D eigenvalue weighted by Crippen LogP contribution is 2.21. The lowest BCUT2D eigenvalue weighted by molar-refractivity contribution is -0.142. The molecular weight excluding hydrogens is 221 g/mol. The van der Waals surface area contributed by atoms with Crippen LogP contribution >= 0.6 is 0 Å². The molecule has 2 rings (SSSR count). The van der Waals surface area contributed by atoms with Crippen LogP contribution in [0.15, 0.2) is 18.2 Å². The fourth-order valence-corrected chi connectivity index (χ4v) is 2.26. The minimum Gasteiger partial charge on any atom is -0.480 e. The van der Waals surface area contributed by atoms with Gasteiger partial charge < -0.3 is 5.11 Å². The van der Waals surface area contributed by atoms with Gasteiger partial charge in [0.25, 0.3) is 0 Å². The Hall–Kier alpha value is -1.42. The van der Waals surface area contributed by atoms with Crippen molar-refractivity contribution in [2.75, 3.05) is 6.54 Å². The average Bonchev–Trinajstić information content (AvgIpc) is 2.72. The summed E-state index contributed by atoms with van der Waals surface area (Å²) in [6, 6.07) is 4.66. The second-order valence-electron chi connectivity index (χ2n) is 4.55. The molecular formula is C13H16FNO2. The number of carboxylic acids is 1. The summed E-state index contributed by atoms with van der Waals surface area (Å²) in [4.78, 5) is 12.9.